The summed E-state index contributed by atoms with van der Waals surface area (Å²) >= 11 is 0. The number of piperidine rings is 1. The first-order valence-corrected chi connectivity index (χ1v) is 11.6. The van der Waals surface area contributed by atoms with E-state index < -0.39 is 0 Å². The van der Waals surface area contributed by atoms with Gasteiger partial charge in [0.25, 0.3) is 5.91 Å². The Morgan fingerprint density at radius 1 is 1.33 bits per heavy atom. The average Bonchev–Trinajstić information content (AvgIpc) is 3.24. The molecule has 2 aliphatic rings. The monoisotopic (exact) mass is 412 g/mol. The van der Waals surface area contributed by atoms with Crippen molar-refractivity contribution in [3.8, 4) is 0 Å². The Kier molecular flexibility index (Phi) is 6.16. The quantitative estimate of drug-likeness (QED) is 0.762. The van der Waals surface area contributed by atoms with E-state index in [2.05, 4.69) is 18.4 Å². The lowest BCUT2D eigenvalue weighted by Crippen LogP contribution is -2.49. The Balaban J connectivity index is 1.62. The van der Waals surface area contributed by atoms with Crippen molar-refractivity contribution in [3.63, 3.8) is 0 Å². The fourth-order valence-corrected chi connectivity index (χ4v) is 5.44. The minimum atomic E-state index is -0.271. The van der Waals surface area contributed by atoms with Crippen molar-refractivity contribution in [1.82, 2.24) is 14.5 Å². The van der Waals surface area contributed by atoms with Crippen molar-refractivity contribution in [2.75, 3.05) is 19.6 Å². The van der Waals surface area contributed by atoms with Crippen molar-refractivity contribution in [2.45, 2.75) is 71.4 Å². The van der Waals surface area contributed by atoms with Gasteiger partial charge in [0.1, 0.15) is 5.82 Å². The molecule has 4 rings (SSSR count). The van der Waals surface area contributed by atoms with Gasteiger partial charge in [-0.05, 0) is 62.8 Å². The molecule has 0 radical (unpaired) electrons. The van der Waals surface area contributed by atoms with E-state index in [1.54, 1.807) is 0 Å². The van der Waals surface area contributed by atoms with Crippen LogP contribution in [0.4, 0.5) is 0 Å². The summed E-state index contributed by atoms with van der Waals surface area (Å²) in [6.07, 6.45) is 6.49. The standard InChI is InChI=1S/C24H36N4O2/c1-17(2)14-22-26-19-8-7-18(15-20(19)28(22)13-5-11-25)23(30)27-12-4-10-24(16-27)9-3-6-21(24)29/h7-8,15,17,21,29H,3-6,9-14,16,25H2,1-2H3/t21-,24-/m1/s1. The highest BCUT2D eigenvalue weighted by Gasteiger charge is 2.45. The lowest BCUT2D eigenvalue weighted by atomic mass is 9.76. The predicted molar refractivity (Wildman–Crippen MR) is 119 cm³/mol. The van der Waals surface area contributed by atoms with E-state index in [0.29, 0.717) is 19.0 Å². The Bertz CT molecular complexity index is 906. The summed E-state index contributed by atoms with van der Waals surface area (Å²) in [5.41, 5.74) is 8.37. The summed E-state index contributed by atoms with van der Waals surface area (Å²) in [5, 5.41) is 10.5. The second-order valence-corrected chi connectivity index (χ2v) is 9.72. The van der Waals surface area contributed by atoms with Crippen molar-refractivity contribution < 1.29 is 9.90 Å². The molecule has 1 aliphatic heterocycles. The molecule has 1 aromatic heterocycles. The summed E-state index contributed by atoms with van der Waals surface area (Å²) in [5.74, 6) is 1.66. The average molecular weight is 413 g/mol. The van der Waals surface area contributed by atoms with E-state index in [9.17, 15) is 9.90 Å². The molecule has 30 heavy (non-hydrogen) atoms. The smallest absolute Gasteiger partial charge is 0.253 e. The maximum absolute atomic E-state index is 13.4. The van der Waals surface area contributed by atoms with Crippen LogP contribution in [0.15, 0.2) is 18.2 Å². The van der Waals surface area contributed by atoms with Crippen LogP contribution in [0.25, 0.3) is 11.0 Å². The van der Waals surface area contributed by atoms with Crippen LogP contribution < -0.4 is 5.73 Å². The Labute approximate surface area is 179 Å². The van der Waals surface area contributed by atoms with Gasteiger partial charge in [0, 0.05) is 37.0 Å². The maximum Gasteiger partial charge on any atom is 0.253 e. The molecule has 164 valence electrons. The molecule has 6 nitrogen and oxygen atoms in total. The number of imidazole rings is 1. The first-order chi connectivity index (χ1) is 14.4. The molecule has 2 fully saturated rings. The molecule has 1 saturated carbocycles. The number of benzene rings is 1. The zero-order valence-corrected chi connectivity index (χ0v) is 18.4. The number of nitrogens with zero attached hydrogens (tertiary/aromatic N) is 3. The van der Waals surface area contributed by atoms with Crippen LogP contribution in [0.1, 0.15) is 68.6 Å². The second kappa shape index (κ2) is 8.67. The number of aromatic nitrogens is 2. The Hall–Kier alpha value is -1.92. The highest BCUT2D eigenvalue weighted by atomic mass is 16.3. The van der Waals surface area contributed by atoms with E-state index >= 15 is 0 Å². The number of likely N-dealkylation sites (tertiary alicyclic amines) is 1. The van der Waals surface area contributed by atoms with Crippen LogP contribution in [-0.2, 0) is 13.0 Å². The van der Waals surface area contributed by atoms with E-state index in [0.717, 1.165) is 80.5 Å². The highest BCUT2D eigenvalue weighted by molar-refractivity contribution is 5.97. The highest BCUT2D eigenvalue weighted by Crippen LogP contribution is 2.45. The molecule has 2 atom stereocenters. The van der Waals surface area contributed by atoms with Crippen molar-refractivity contribution in [1.29, 1.82) is 0 Å². The van der Waals surface area contributed by atoms with Gasteiger partial charge >= 0.3 is 0 Å². The number of amides is 1. The zero-order valence-electron chi connectivity index (χ0n) is 18.4. The molecule has 6 heteroatoms. The predicted octanol–water partition coefficient (Wildman–Crippen LogP) is 3.35. The fraction of sp³-hybridized carbons (Fsp3) is 0.667. The number of carbonyl (C=O) groups excluding carboxylic acids is 1. The Morgan fingerprint density at radius 2 is 2.13 bits per heavy atom. The van der Waals surface area contributed by atoms with Crippen LogP contribution in [0.2, 0.25) is 0 Å². The van der Waals surface area contributed by atoms with E-state index in [-0.39, 0.29) is 17.4 Å². The van der Waals surface area contributed by atoms with Crippen molar-refractivity contribution in [2.24, 2.45) is 17.1 Å². The maximum atomic E-state index is 13.4. The number of rotatable bonds is 6. The minimum Gasteiger partial charge on any atom is -0.392 e. The third-order valence-corrected chi connectivity index (χ3v) is 7.01. The van der Waals surface area contributed by atoms with Crippen LogP contribution in [-0.4, -0.2) is 51.2 Å². The van der Waals surface area contributed by atoms with Crippen LogP contribution in [0, 0.1) is 11.3 Å². The zero-order chi connectivity index (χ0) is 21.3. The minimum absolute atomic E-state index is 0.0760. The molecule has 3 N–H and O–H groups in total. The van der Waals surface area contributed by atoms with Crippen LogP contribution in [0.5, 0.6) is 0 Å². The molecule has 1 spiro atoms. The number of carbonyl (C=O) groups is 1. The van der Waals surface area contributed by atoms with Gasteiger partial charge in [-0.1, -0.05) is 20.3 Å². The molecule has 2 aromatic rings. The second-order valence-electron chi connectivity index (χ2n) is 9.72. The lowest BCUT2D eigenvalue weighted by Gasteiger charge is -2.42. The number of hydrogen-bond acceptors (Lipinski definition) is 4. The number of hydrogen-bond donors (Lipinski definition) is 2. The molecule has 1 amide bonds. The van der Waals surface area contributed by atoms with Crippen LogP contribution in [0.3, 0.4) is 0 Å². The number of fused-ring (bicyclic) bond motifs is 1. The molecule has 1 aliphatic carbocycles. The molecule has 1 saturated heterocycles. The summed E-state index contributed by atoms with van der Waals surface area (Å²) < 4.78 is 2.25. The fourth-order valence-electron chi connectivity index (χ4n) is 5.44. The van der Waals surface area contributed by atoms with E-state index in [4.69, 9.17) is 10.7 Å². The van der Waals surface area contributed by atoms with Crippen molar-refractivity contribution in [3.05, 3.63) is 29.6 Å². The van der Waals surface area contributed by atoms with Gasteiger partial charge in [0.2, 0.25) is 0 Å². The molecule has 1 aromatic carbocycles. The SMILES string of the molecule is CC(C)Cc1nc2ccc(C(=O)N3CCC[C@]4(CCC[C@H]4O)C3)cc2n1CCCN. The normalized spacial score (nSPS) is 24.4. The van der Waals surface area contributed by atoms with Gasteiger partial charge in [-0.25, -0.2) is 4.98 Å². The topological polar surface area (TPSA) is 84.4 Å². The van der Waals surface area contributed by atoms with E-state index in [1.807, 2.05) is 23.1 Å². The lowest BCUT2D eigenvalue weighted by molar-refractivity contribution is -0.00535. The van der Waals surface area contributed by atoms with Gasteiger partial charge in [0.05, 0.1) is 17.1 Å². The summed E-state index contributed by atoms with van der Waals surface area (Å²) in [6.45, 7) is 7.31. The van der Waals surface area contributed by atoms with Crippen molar-refractivity contribution >= 4 is 16.9 Å². The first-order valence-electron chi connectivity index (χ1n) is 11.6. The number of nitrogens with two attached hydrogens (primary N) is 1. The molecule has 0 bridgehead atoms. The third kappa shape index (κ3) is 4.00. The van der Waals surface area contributed by atoms with Crippen LogP contribution >= 0.6 is 0 Å². The number of aliphatic hydroxyl groups excluding tert-OH is 1. The molecular weight excluding hydrogens is 376 g/mol. The summed E-state index contributed by atoms with van der Waals surface area (Å²) in [6, 6.07) is 5.91. The third-order valence-electron chi connectivity index (χ3n) is 7.01. The van der Waals surface area contributed by atoms with Gasteiger partial charge in [0.15, 0.2) is 0 Å². The number of aryl methyl sites for hydroxylation is 1. The first kappa shape index (κ1) is 21.3. The molecule has 2 heterocycles. The summed E-state index contributed by atoms with van der Waals surface area (Å²) in [7, 11) is 0. The molecular formula is C24H36N4O2. The van der Waals surface area contributed by atoms with Gasteiger partial charge in [-0.2, -0.15) is 0 Å². The van der Waals surface area contributed by atoms with Gasteiger partial charge in [-0.15, -0.1) is 0 Å². The van der Waals surface area contributed by atoms with Gasteiger partial charge < -0.3 is 20.3 Å². The summed E-state index contributed by atoms with van der Waals surface area (Å²) in [4.78, 5) is 20.2. The Morgan fingerprint density at radius 3 is 2.83 bits per heavy atom. The van der Waals surface area contributed by atoms with E-state index in [1.165, 1.54) is 0 Å². The largest absolute Gasteiger partial charge is 0.392 e. The number of aliphatic hydroxyl groups is 1. The molecule has 0 unspecified atom stereocenters. The van der Waals surface area contributed by atoms with Gasteiger partial charge in [-0.3, -0.25) is 4.79 Å².